The highest BCUT2D eigenvalue weighted by molar-refractivity contribution is 5.91. The van der Waals surface area contributed by atoms with Crippen LogP contribution in [-0.4, -0.2) is 5.78 Å². The van der Waals surface area contributed by atoms with Crippen LogP contribution in [0.5, 0.6) is 0 Å². The number of rotatable bonds is 4. The first-order valence-electron chi connectivity index (χ1n) is 4.70. The molecule has 0 fully saturated rings. The number of carbonyl (C=O) groups is 1. The second-order valence-electron chi connectivity index (χ2n) is 2.98. The predicted molar refractivity (Wildman–Crippen MR) is 59.9 cm³/mol. The van der Waals surface area contributed by atoms with Crippen LogP contribution in [0.25, 0.3) is 6.08 Å². The lowest BCUT2D eigenvalue weighted by Crippen LogP contribution is -1.87. The van der Waals surface area contributed by atoms with Gasteiger partial charge in [0.1, 0.15) is 0 Å². The van der Waals surface area contributed by atoms with Crippen LogP contribution in [0.15, 0.2) is 48.6 Å². The Kier molecular flexibility index (Phi) is 4.42. The zero-order valence-corrected chi connectivity index (χ0v) is 8.31. The molecule has 0 bridgehead atoms. The number of allylic oxidation sites excluding steroid dienone is 3. The van der Waals surface area contributed by atoms with E-state index in [0.29, 0.717) is 6.42 Å². The smallest absolute Gasteiger partial charge is 0.159 e. The van der Waals surface area contributed by atoms with Gasteiger partial charge in [0.2, 0.25) is 0 Å². The Labute approximate surface area is 84.8 Å². The minimum atomic E-state index is 0.139. The maximum atomic E-state index is 11.1. The Bertz CT molecular complexity index is 334. The Balaban J connectivity index is 2.46. The summed E-state index contributed by atoms with van der Waals surface area (Å²) in [6, 6.07) is 9.95. The molecular weight excluding hydrogens is 172 g/mol. The van der Waals surface area contributed by atoms with Crippen molar-refractivity contribution in [1.82, 2.24) is 0 Å². The van der Waals surface area contributed by atoms with Crippen molar-refractivity contribution in [1.29, 1.82) is 0 Å². The number of benzene rings is 1. The summed E-state index contributed by atoms with van der Waals surface area (Å²) in [6.45, 7) is 1.85. The maximum Gasteiger partial charge on any atom is 0.159 e. The van der Waals surface area contributed by atoms with Gasteiger partial charge in [-0.25, -0.2) is 0 Å². The van der Waals surface area contributed by atoms with Gasteiger partial charge in [0, 0.05) is 6.42 Å². The average molecular weight is 186 g/mol. The highest BCUT2D eigenvalue weighted by Gasteiger charge is 1.90. The van der Waals surface area contributed by atoms with Crippen LogP contribution in [0, 0.1) is 0 Å². The summed E-state index contributed by atoms with van der Waals surface area (Å²) in [7, 11) is 0. The van der Waals surface area contributed by atoms with Crippen molar-refractivity contribution in [3.63, 3.8) is 0 Å². The Morgan fingerprint density at radius 2 is 2.00 bits per heavy atom. The summed E-state index contributed by atoms with van der Waals surface area (Å²) in [5, 5.41) is 0. The highest BCUT2D eigenvalue weighted by atomic mass is 16.1. The first-order valence-corrected chi connectivity index (χ1v) is 4.70. The zero-order chi connectivity index (χ0) is 10.2. The Hall–Kier alpha value is -1.63. The molecule has 1 heteroatoms. The van der Waals surface area contributed by atoms with E-state index in [4.69, 9.17) is 0 Å². The Morgan fingerprint density at radius 1 is 1.29 bits per heavy atom. The fourth-order valence-electron chi connectivity index (χ4n) is 1.13. The second kappa shape index (κ2) is 5.92. The molecule has 1 aromatic rings. The molecule has 0 aliphatic rings. The predicted octanol–water partition coefficient (Wildman–Crippen LogP) is 3.24. The fourth-order valence-corrected chi connectivity index (χ4v) is 1.13. The molecule has 0 aliphatic heterocycles. The van der Waals surface area contributed by atoms with E-state index in [2.05, 4.69) is 0 Å². The molecular formula is C13H14O. The third-order valence-corrected chi connectivity index (χ3v) is 1.78. The summed E-state index contributed by atoms with van der Waals surface area (Å²) in [5.74, 6) is 0.139. The van der Waals surface area contributed by atoms with Crippen LogP contribution in [0.2, 0.25) is 0 Å². The third kappa shape index (κ3) is 3.85. The van der Waals surface area contributed by atoms with E-state index >= 15 is 0 Å². The summed E-state index contributed by atoms with van der Waals surface area (Å²) in [6.07, 6.45) is 7.67. The quantitative estimate of drug-likeness (QED) is 0.660. The van der Waals surface area contributed by atoms with Gasteiger partial charge in [-0.3, -0.25) is 4.79 Å². The molecule has 1 rings (SSSR count). The lowest BCUT2D eigenvalue weighted by Gasteiger charge is -1.90. The van der Waals surface area contributed by atoms with Crippen molar-refractivity contribution < 1.29 is 4.79 Å². The van der Waals surface area contributed by atoms with Crippen LogP contribution in [0.4, 0.5) is 0 Å². The van der Waals surface area contributed by atoms with Crippen molar-refractivity contribution in [3.8, 4) is 0 Å². The van der Waals surface area contributed by atoms with Crippen LogP contribution in [0.1, 0.15) is 18.9 Å². The monoisotopic (exact) mass is 186 g/mol. The van der Waals surface area contributed by atoms with Gasteiger partial charge < -0.3 is 0 Å². The molecule has 14 heavy (non-hydrogen) atoms. The molecule has 0 aliphatic carbocycles. The molecule has 0 unspecified atom stereocenters. The van der Waals surface area contributed by atoms with Gasteiger partial charge in [-0.05, 0) is 18.6 Å². The molecule has 0 atom stereocenters. The normalized spacial score (nSPS) is 11.2. The minimum Gasteiger partial charge on any atom is -0.295 e. The van der Waals surface area contributed by atoms with E-state index in [1.807, 2.05) is 49.4 Å². The van der Waals surface area contributed by atoms with Gasteiger partial charge in [-0.15, -0.1) is 0 Å². The van der Waals surface area contributed by atoms with Gasteiger partial charge in [-0.2, -0.15) is 0 Å². The van der Waals surface area contributed by atoms with Gasteiger partial charge in [-0.1, -0.05) is 48.6 Å². The lowest BCUT2D eigenvalue weighted by molar-refractivity contribution is -0.113. The van der Waals surface area contributed by atoms with Crippen molar-refractivity contribution in [3.05, 3.63) is 54.1 Å². The zero-order valence-electron chi connectivity index (χ0n) is 8.31. The van der Waals surface area contributed by atoms with Gasteiger partial charge >= 0.3 is 0 Å². The molecule has 0 saturated carbocycles. The molecule has 0 saturated heterocycles. The Morgan fingerprint density at radius 3 is 2.64 bits per heavy atom. The molecule has 0 amide bonds. The van der Waals surface area contributed by atoms with E-state index < -0.39 is 0 Å². The van der Waals surface area contributed by atoms with Crippen LogP contribution in [0.3, 0.4) is 0 Å². The summed E-state index contributed by atoms with van der Waals surface area (Å²) in [5.41, 5.74) is 1.13. The minimum absolute atomic E-state index is 0.139. The van der Waals surface area contributed by atoms with E-state index in [1.165, 1.54) is 0 Å². The summed E-state index contributed by atoms with van der Waals surface area (Å²) in [4.78, 5) is 11.1. The van der Waals surface area contributed by atoms with Gasteiger partial charge in [0.25, 0.3) is 0 Å². The third-order valence-electron chi connectivity index (χ3n) is 1.78. The number of ketones is 1. The molecule has 1 aromatic carbocycles. The van der Waals surface area contributed by atoms with E-state index in [0.717, 1.165) is 5.56 Å². The molecule has 72 valence electrons. The van der Waals surface area contributed by atoms with Crippen LogP contribution >= 0.6 is 0 Å². The van der Waals surface area contributed by atoms with Crippen molar-refractivity contribution in [2.45, 2.75) is 13.3 Å². The molecule has 0 spiro atoms. The van der Waals surface area contributed by atoms with E-state index in [1.54, 1.807) is 12.2 Å². The van der Waals surface area contributed by atoms with Crippen LogP contribution in [-0.2, 0) is 4.79 Å². The van der Waals surface area contributed by atoms with E-state index in [9.17, 15) is 4.79 Å². The number of hydrogen-bond acceptors (Lipinski definition) is 1. The van der Waals surface area contributed by atoms with Gasteiger partial charge in [0.15, 0.2) is 5.78 Å². The molecule has 0 aromatic heterocycles. The molecule has 0 radical (unpaired) electrons. The standard InChI is InChI=1S/C13H14O/c1-2-7-13(14)11-6-10-12-8-4-3-5-9-12/h2-10H,11H2,1H3/b7-2+,10-6+. The van der Waals surface area contributed by atoms with Crippen LogP contribution < -0.4 is 0 Å². The summed E-state index contributed by atoms with van der Waals surface area (Å²) >= 11 is 0. The van der Waals surface area contributed by atoms with E-state index in [-0.39, 0.29) is 5.78 Å². The first kappa shape index (κ1) is 10.5. The maximum absolute atomic E-state index is 11.1. The lowest BCUT2D eigenvalue weighted by atomic mass is 10.2. The molecule has 0 heterocycles. The number of hydrogen-bond donors (Lipinski definition) is 0. The topological polar surface area (TPSA) is 17.1 Å². The second-order valence-corrected chi connectivity index (χ2v) is 2.98. The largest absolute Gasteiger partial charge is 0.295 e. The average Bonchev–Trinajstić information content (AvgIpc) is 2.20. The number of carbonyl (C=O) groups excluding carboxylic acids is 1. The summed E-state index contributed by atoms with van der Waals surface area (Å²) < 4.78 is 0. The van der Waals surface area contributed by atoms with Crippen molar-refractivity contribution in [2.75, 3.05) is 0 Å². The van der Waals surface area contributed by atoms with Crippen molar-refractivity contribution in [2.24, 2.45) is 0 Å². The fraction of sp³-hybridized carbons (Fsp3) is 0.154. The first-order chi connectivity index (χ1) is 6.83. The molecule has 1 nitrogen and oxygen atoms in total. The highest BCUT2D eigenvalue weighted by Crippen LogP contribution is 2.02. The van der Waals surface area contributed by atoms with Gasteiger partial charge in [0.05, 0.1) is 0 Å². The SMILES string of the molecule is C/C=C/C(=O)C/C=C/c1ccccc1. The van der Waals surface area contributed by atoms with Crippen molar-refractivity contribution >= 4 is 11.9 Å². The molecule has 0 N–H and O–H groups in total.